The zero-order valence-corrected chi connectivity index (χ0v) is 17.0. The van der Waals surface area contributed by atoms with Crippen LogP contribution in [0.4, 0.5) is 5.69 Å². The summed E-state index contributed by atoms with van der Waals surface area (Å²) in [6.07, 6.45) is 2.79. The maximum absolute atomic E-state index is 12.4. The molecular formula is C21H23N3O3S. The molecule has 3 aromatic rings. The van der Waals surface area contributed by atoms with Crippen LogP contribution < -0.4 is 9.62 Å². The van der Waals surface area contributed by atoms with Crippen LogP contribution in [0, 0.1) is 13.8 Å². The van der Waals surface area contributed by atoms with E-state index in [1.165, 1.54) is 4.31 Å². The van der Waals surface area contributed by atoms with Crippen molar-refractivity contribution in [3.05, 3.63) is 71.4 Å². The van der Waals surface area contributed by atoms with Gasteiger partial charge >= 0.3 is 0 Å². The normalized spacial score (nSPS) is 11.4. The third kappa shape index (κ3) is 4.31. The standard InChI is InChI=1S/C21H23N3O3S/c1-15-9-10-18(14-16(15)2)21(25)23-12-13-24(28(3,26)27)19-8-4-6-17-7-5-11-22-20(17)19/h4-11,14H,12-13H2,1-3H3,(H,23,25). The quantitative estimate of drug-likeness (QED) is 0.693. The van der Waals surface area contributed by atoms with E-state index in [2.05, 4.69) is 10.3 Å². The van der Waals surface area contributed by atoms with Crippen LogP contribution >= 0.6 is 0 Å². The molecule has 1 amide bonds. The van der Waals surface area contributed by atoms with Gasteiger partial charge in [-0.25, -0.2) is 8.42 Å². The number of nitrogens with zero attached hydrogens (tertiary/aromatic N) is 2. The molecule has 0 saturated heterocycles. The molecule has 1 N–H and O–H groups in total. The van der Waals surface area contributed by atoms with Gasteiger partial charge in [0.15, 0.2) is 0 Å². The highest BCUT2D eigenvalue weighted by molar-refractivity contribution is 7.92. The van der Waals surface area contributed by atoms with Gasteiger partial charge in [-0.05, 0) is 49.2 Å². The number of carbonyl (C=O) groups excluding carboxylic acids is 1. The van der Waals surface area contributed by atoms with Gasteiger partial charge in [0.1, 0.15) is 0 Å². The van der Waals surface area contributed by atoms with Crippen LogP contribution in [0.25, 0.3) is 10.9 Å². The third-order valence-electron chi connectivity index (χ3n) is 4.65. The molecule has 0 aliphatic carbocycles. The molecule has 3 rings (SSSR count). The molecule has 28 heavy (non-hydrogen) atoms. The molecule has 0 aliphatic heterocycles. The lowest BCUT2D eigenvalue weighted by molar-refractivity contribution is 0.0954. The summed E-state index contributed by atoms with van der Waals surface area (Å²) in [7, 11) is -3.54. The second-order valence-electron chi connectivity index (χ2n) is 6.74. The van der Waals surface area contributed by atoms with E-state index in [1.54, 1.807) is 30.5 Å². The number of fused-ring (bicyclic) bond motifs is 1. The van der Waals surface area contributed by atoms with Crippen LogP contribution in [0.1, 0.15) is 21.5 Å². The summed E-state index contributed by atoms with van der Waals surface area (Å²) in [5, 5.41) is 3.66. The fourth-order valence-electron chi connectivity index (χ4n) is 3.01. The van der Waals surface area contributed by atoms with Crippen LogP contribution in [0.15, 0.2) is 54.7 Å². The van der Waals surface area contributed by atoms with E-state index in [0.717, 1.165) is 22.8 Å². The smallest absolute Gasteiger partial charge is 0.251 e. The largest absolute Gasteiger partial charge is 0.350 e. The molecule has 0 aliphatic rings. The molecule has 0 saturated carbocycles. The number of nitrogens with one attached hydrogen (secondary N) is 1. The number of sulfonamides is 1. The zero-order valence-electron chi connectivity index (χ0n) is 16.1. The van der Waals surface area contributed by atoms with E-state index in [9.17, 15) is 13.2 Å². The number of para-hydroxylation sites is 1. The van der Waals surface area contributed by atoms with Crippen LogP contribution in [0.3, 0.4) is 0 Å². The first-order valence-corrected chi connectivity index (χ1v) is 10.8. The van der Waals surface area contributed by atoms with Crippen molar-refractivity contribution in [2.45, 2.75) is 13.8 Å². The summed E-state index contributed by atoms with van der Waals surface area (Å²) in [5.74, 6) is -0.229. The predicted molar refractivity (Wildman–Crippen MR) is 112 cm³/mol. The summed E-state index contributed by atoms with van der Waals surface area (Å²) >= 11 is 0. The summed E-state index contributed by atoms with van der Waals surface area (Å²) < 4.78 is 26.1. The Morgan fingerprint density at radius 2 is 1.82 bits per heavy atom. The Kier molecular flexibility index (Phi) is 5.65. The van der Waals surface area contributed by atoms with Crippen molar-refractivity contribution in [3.8, 4) is 0 Å². The van der Waals surface area contributed by atoms with Crippen molar-refractivity contribution >= 4 is 32.5 Å². The van der Waals surface area contributed by atoms with E-state index < -0.39 is 10.0 Å². The lowest BCUT2D eigenvalue weighted by atomic mass is 10.1. The van der Waals surface area contributed by atoms with Crippen LogP contribution in [-0.2, 0) is 10.0 Å². The molecule has 0 unspecified atom stereocenters. The molecular weight excluding hydrogens is 374 g/mol. The minimum atomic E-state index is -3.54. The first-order chi connectivity index (χ1) is 13.3. The molecule has 2 aromatic carbocycles. The van der Waals surface area contributed by atoms with Crippen molar-refractivity contribution < 1.29 is 13.2 Å². The number of hydrogen-bond acceptors (Lipinski definition) is 4. The van der Waals surface area contributed by atoms with Gasteiger partial charge in [0.05, 0.1) is 24.0 Å². The summed E-state index contributed by atoms with van der Waals surface area (Å²) in [6.45, 7) is 4.23. The molecule has 1 aromatic heterocycles. The number of anilines is 1. The van der Waals surface area contributed by atoms with E-state index in [4.69, 9.17) is 0 Å². The molecule has 6 nitrogen and oxygen atoms in total. The molecule has 0 bridgehead atoms. The van der Waals surface area contributed by atoms with Gasteiger partial charge in [-0.15, -0.1) is 0 Å². The van der Waals surface area contributed by atoms with E-state index >= 15 is 0 Å². The molecule has 1 heterocycles. The number of hydrogen-bond donors (Lipinski definition) is 1. The summed E-state index contributed by atoms with van der Waals surface area (Å²) in [6, 6.07) is 14.6. The van der Waals surface area contributed by atoms with Crippen LogP contribution in [0.2, 0.25) is 0 Å². The van der Waals surface area contributed by atoms with Crippen molar-refractivity contribution in [2.24, 2.45) is 0 Å². The molecule has 146 valence electrons. The number of amides is 1. The number of aromatic nitrogens is 1. The maximum Gasteiger partial charge on any atom is 0.251 e. The van der Waals surface area contributed by atoms with Crippen molar-refractivity contribution in [2.75, 3.05) is 23.7 Å². The van der Waals surface area contributed by atoms with Crippen molar-refractivity contribution in [1.29, 1.82) is 0 Å². The first-order valence-electron chi connectivity index (χ1n) is 8.94. The zero-order chi connectivity index (χ0) is 20.3. The van der Waals surface area contributed by atoms with Crippen LogP contribution in [-0.4, -0.2) is 38.7 Å². The maximum atomic E-state index is 12.4. The lowest BCUT2D eigenvalue weighted by Crippen LogP contribution is -2.38. The van der Waals surface area contributed by atoms with Gasteiger partial charge in [0, 0.05) is 23.7 Å². The van der Waals surface area contributed by atoms with Gasteiger partial charge in [-0.2, -0.15) is 0 Å². The van der Waals surface area contributed by atoms with Crippen molar-refractivity contribution in [3.63, 3.8) is 0 Å². The summed E-state index contributed by atoms with van der Waals surface area (Å²) in [4.78, 5) is 16.7. The Labute approximate surface area is 165 Å². The minimum absolute atomic E-state index is 0.116. The molecule has 7 heteroatoms. The molecule has 0 spiro atoms. The predicted octanol–water partition coefficient (Wildman–Crippen LogP) is 3.05. The first kappa shape index (κ1) is 19.8. The van der Waals surface area contributed by atoms with E-state index in [-0.39, 0.29) is 19.0 Å². The monoisotopic (exact) mass is 397 g/mol. The average molecular weight is 398 g/mol. The number of pyridine rings is 1. The molecule has 0 atom stereocenters. The Morgan fingerprint density at radius 3 is 2.54 bits per heavy atom. The van der Waals surface area contributed by atoms with Gasteiger partial charge in [-0.1, -0.05) is 24.3 Å². The number of rotatable bonds is 6. The third-order valence-corrected chi connectivity index (χ3v) is 5.83. The van der Waals surface area contributed by atoms with Gasteiger partial charge in [0.2, 0.25) is 10.0 Å². The van der Waals surface area contributed by atoms with E-state index in [0.29, 0.717) is 16.8 Å². The Balaban J connectivity index is 1.79. The second-order valence-corrected chi connectivity index (χ2v) is 8.65. The SMILES string of the molecule is Cc1ccc(C(=O)NCCN(c2cccc3cccnc23)S(C)(=O)=O)cc1C. The number of benzene rings is 2. The lowest BCUT2D eigenvalue weighted by Gasteiger charge is -2.23. The fraction of sp³-hybridized carbons (Fsp3) is 0.238. The number of aryl methyl sites for hydroxylation is 2. The van der Waals surface area contributed by atoms with Gasteiger partial charge in [-0.3, -0.25) is 14.1 Å². The van der Waals surface area contributed by atoms with Crippen LogP contribution in [0.5, 0.6) is 0 Å². The number of carbonyl (C=O) groups is 1. The Morgan fingerprint density at radius 1 is 1.07 bits per heavy atom. The van der Waals surface area contributed by atoms with Gasteiger partial charge < -0.3 is 5.32 Å². The highest BCUT2D eigenvalue weighted by atomic mass is 32.2. The second kappa shape index (κ2) is 7.98. The van der Waals surface area contributed by atoms with Gasteiger partial charge in [0.25, 0.3) is 5.91 Å². The average Bonchev–Trinajstić information content (AvgIpc) is 2.66. The molecule has 0 fully saturated rings. The Hall–Kier alpha value is -2.93. The summed E-state index contributed by atoms with van der Waals surface area (Å²) in [5.41, 5.74) is 3.81. The fourth-order valence-corrected chi connectivity index (χ4v) is 3.94. The van der Waals surface area contributed by atoms with Crippen molar-refractivity contribution in [1.82, 2.24) is 10.3 Å². The Bertz CT molecular complexity index is 1120. The topological polar surface area (TPSA) is 79.4 Å². The highest BCUT2D eigenvalue weighted by Gasteiger charge is 2.20. The molecule has 0 radical (unpaired) electrons. The minimum Gasteiger partial charge on any atom is -0.350 e. The highest BCUT2D eigenvalue weighted by Crippen LogP contribution is 2.26. The van der Waals surface area contributed by atoms with E-state index in [1.807, 2.05) is 38.1 Å².